The van der Waals surface area contributed by atoms with Crippen molar-refractivity contribution in [3.8, 4) is 0 Å². The predicted octanol–water partition coefficient (Wildman–Crippen LogP) is 1.91. The zero-order valence-corrected chi connectivity index (χ0v) is 9.53. The van der Waals surface area contributed by atoms with Crippen molar-refractivity contribution < 1.29 is 14.3 Å². The molecule has 1 aliphatic carbocycles. The highest BCUT2D eigenvalue weighted by Gasteiger charge is 2.48. The van der Waals surface area contributed by atoms with Gasteiger partial charge in [-0.2, -0.15) is 0 Å². The van der Waals surface area contributed by atoms with E-state index in [4.69, 9.17) is 5.73 Å². The minimum atomic E-state index is -1.12. The summed E-state index contributed by atoms with van der Waals surface area (Å²) in [4.78, 5) is 11.6. The third-order valence-corrected chi connectivity index (χ3v) is 3.85. The maximum Gasteiger partial charge on any atom is 0.315 e. The number of carbonyl (C=O) groups is 1. The van der Waals surface area contributed by atoms with E-state index < -0.39 is 17.2 Å². The molecule has 0 amide bonds. The maximum absolute atomic E-state index is 13.2. The molecule has 0 aromatic heterocycles. The van der Waals surface area contributed by atoms with Crippen LogP contribution in [0.3, 0.4) is 0 Å². The van der Waals surface area contributed by atoms with Gasteiger partial charge in [-0.1, -0.05) is 18.6 Å². The lowest BCUT2D eigenvalue weighted by molar-refractivity contribution is -0.147. The molecule has 17 heavy (non-hydrogen) atoms. The van der Waals surface area contributed by atoms with Crippen LogP contribution in [-0.2, 0) is 10.2 Å². The van der Waals surface area contributed by atoms with Crippen molar-refractivity contribution in [2.75, 3.05) is 6.54 Å². The van der Waals surface area contributed by atoms with Crippen LogP contribution in [0.5, 0.6) is 0 Å². The average molecular weight is 237 g/mol. The summed E-state index contributed by atoms with van der Waals surface area (Å²) in [5.74, 6) is -1.34. The highest BCUT2D eigenvalue weighted by atomic mass is 19.1. The lowest BCUT2D eigenvalue weighted by atomic mass is 9.62. The van der Waals surface area contributed by atoms with Crippen molar-refractivity contribution in [2.24, 2.45) is 11.7 Å². The Morgan fingerprint density at radius 1 is 1.53 bits per heavy atom. The minimum Gasteiger partial charge on any atom is -0.481 e. The molecule has 0 heterocycles. The Morgan fingerprint density at radius 3 is 2.65 bits per heavy atom. The molecule has 0 radical (unpaired) electrons. The summed E-state index contributed by atoms with van der Waals surface area (Å²) in [5, 5.41) is 9.50. The molecule has 1 fully saturated rings. The third-order valence-electron chi connectivity index (χ3n) is 3.85. The molecule has 1 unspecified atom stereocenters. The van der Waals surface area contributed by atoms with Crippen molar-refractivity contribution in [2.45, 2.75) is 24.7 Å². The lowest BCUT2D eigenvalue weighted by Crippen LogP contribution is -2.51. The molecule has 1 aromatic rings. The van der Waals surface area contributed by atoms with Gasteiger partial charge >= 0.3 is 5.97 Å². The van der Waals surface area contributed by atoms with E-state index in [1.165, 1.54) is 18.2 Å². The molecule has 2 rings (SSSR count). The Balaban J connectivity index is 2.48. The number of nitrogens with two attached hydrogens (primary N) is 1. The molecular formula is C13H16FNO2. The van der Waals surface area contributed by atoms with Gasteiger partial charge in [0.1, 0.15) is 11.2 Å². The second-order valence-electron chi connectivity index (χ2n) is 4.62. The molecule has 92 valence electrons. The first-order chi connectivity index (χ1) is 8.11. The SMILES string of the molecule is NCC(C(=O)O)(c1cccc(F)c1)C1CCC1. The summed E-state index contributed by atoms with van der Waals surface area (Å²) in [6, 6.07) is 5.80. The summed E-state index contributed by atoms with van der Waals surface area (Å²) >= 11 is 0. The van der Waals surface area contributed by atoms with Crippen LogP contribution < -0.4 is 5.73 Å². The monoisotopic (exact) mass is 237 g/mol. The number of carboxylic acid groups (broad SMARTS) is 1. The number of carboxylic acids is 1. The Hall–Kier alpha value is -1.42. The van der Waals surface area contributed by atoms with Crippen LogP contribution in [0.15, 0.2) is 24.3 Å². The van der Waals surface area contributed by atoms with Crippen molar-refractivity contribution in [1.82, 2.24) is 0 Å². The van der Waals surface area contributed by atoms with Crippen LogP contribution in [0.1, 0.15) is 24.8 Å². The number of halogens is 1. The molecule has 3 nitrogen and oxygen atoms in total. The average Bonchev–Trinajstić information content (AvgIpc) is 2.22. The fourth-order valence-electron chi connectivity index (χ4n) is 2.57. The van der Waals surface area contributed by atoms with Gasteiger partial charge in [0.05, 0.1) is 0 Å². The Bertz CT molecular complexity index is 431. The highest BCUT2D eigenvalue weighted by Crippen LogP contribution is 2.44. The van der Waals surface area contributed by atoms with Crippen molar-refractivity contribution in [3.05, 3.63) is 35.6 Å². The third kappa shape index (κ3) is 1.82. The van der Waals surface area contributed by atoms with Crippen LogP contribution in [-0.4, -0.2) is 17.6 Å². The van der Waals surface area contributed by atoms with E-state index in [9.17, 15) is 14.3 Å². The van der Waals surface area contributed by atoms with E-state index in [1.54, 1.807) is 6.07 Å². The predicted molar refractivity (Wildman–Crippen MR) is 62.1 cm³/mol. The van der Waals surface area contributed by atoms with Gasteiger partial charge in [0.2, 0.25) is 0 Å². The van der Waals surface area contributed by atoms with Gasteiger partial charge < -0.3 is 10.8 Å². The molecule has 1 saturated carbocycles. The molecule has 0 spiro atoms. The van der Waals surface area contributed by atoms with Crippen LogP contribution in [0.2, 0.25) is 0 Å². The van der Waals surface area contributed by atoms with Crippen LogP contribution in [0.25, 0.3) is 0 Å². The zero-order chi connectivity index (χ0) is 12.5. The normalized spacial score (nSPS) is 19.4. The van der Waals surface area contributed by atoms with Crippen molar-refractivity contribution >= 4 is 5.97 Å². The van der Waals surface area contributed by atoms with E-state index in [-0.39, 0.29) is 12.5 Å². The van der Waals surface area contributed by atoms with E-state index in [0.717, 1.165) is 19.3 Å². The van der Waals surface area contributed by atoms with Gasteiger partial charge in [0.15, 0.2) is 0 Å². The maximum atomic E-state index is 13.2. The molecule has 4 heteroatoms. The number of hydrogen-bond acceptors (Lipinski definition) is 2. The van der Waals surface area contributed by atoms with E-state index in [1.807, 2.05) is 0 Å². The van der Waals surface area contributed by atoms with Gasteiger partial charge in [0.25, 0.3) is 0 Å². The number of aliphatic carboxylic acids is 1. The van der Waals surface area contributed by atoms with Gasteiger partial charge in [-0.3, -0.25) is 4.79 Å². The summed E-state index contributed by atoms with van der Waals surface area (Å²) < 4.78 is 13.2. The Kier molecular flexibility index (Phi) is 3.15. The second-order valence-corrected chi connectivity index (χ2v) is 4.62. The van der Waals surface area contributed by atoms with Crippen molar-refractivity contribution in [1.29, 1.82) is 0 Å². The van der Waals surface area contributed by atoms with Gasteiger partial charge in [0, 0.05) is 6.54 Å². The van der Waals surface area contributed by atoms with Crippen LogP contribution >= 0.6 is 0 Å². The number of rotatable bonds is 4. The molecule has 1 aromatic carbocycles. The van der Waals surface area contributed by atoms with Crippen molar-refractivity contribution in [3.63, 3.8) is 0 Å². The van der Waals surface area contributed by atoms with E-state index in [2.05, 4.69) is 0 Å². The molecule has 0 saturated heterocycles. The molecule has 3 N–H and O–H groups in total. The first kappa shape index (κ1) is 12.0. The number of hydrogen-bond donors (Lipinski definition) is 2. The van der Waals surface area contributed by atoms with Gasteiger partial charge in [-0.15, -0.1) is 0 Å². The summed E-state index contributed by atoms with van der Waals surface area (Å²) in [6.07, 6.45) is 2.72. The minimum absolute atomic E-state index is 0.0104. The summed E-state index contributed by atoms with van der Waals surface area (Å²) in [6.45, 7) is 0.0104. The molecule has 0 bridgehead atoms. The highest BCUT2D eigenvalue weighted by molar-refractivity contribution is 5.82. The Morgan fingerprint density at radius 2 is 2.24 bits per heavy atom. The molecular weight excluding hydrogens is 221 g/mol. The molecule has 0 aliphatic heterocycles. The number of benzene rings is 1. The quantitative estimate of drug-likeness (QED) is 0.840. The van der Waals surface area contributed by atoms with Crippen LogP contribution in [0, 0.1) is 11.7 Å². The standard InChI is InChI=1S/C13H16FNO2/c14-11-6-2-5-10(7-11)13(8-15,12(16)17)9-3-1-4-9/h2,5-7,9H,1,3-4,8,15H2,(H,16,17). The smallest absolute Gasteiger partial charge is 0.315 e. The van der Waals surface area contributed by atoms with Gasteiger partial charge in [-0.05, 0) is 36.5 Å². The summed E-state index contributed by atoms with van der Waals surface area (Å²) in [5.41, 5.74) is 5.06. The second kappa shape index (κ2) is 4.45. The molecule has 1 aliphatic rings. The first-order valence-corrected chi connectivity index (χ1v) is 5.81. The first-order valence-electron chi connectivity index (χ1n) is 5.81. The van der Waals surface area contributed by atoms with Gasteiger partial charge in [-0.25, -0.2) is 4.39 Å². The van der Waals surface area contributed by atoms with E-state index >= 15 is 0 Å². The Labute approximate surface area is 99.4 Å². The van der Waals surface area contributed by atoms with Crippen LogP contribution in [0.4, 0.5) is 4.39 Å². The topological polar surface area (TPSA) is 63.3 Å². The zero-order valence-electron chi connectivity index (χ0n) is 9.53. The van der Waals surface area contributed by atoms with E-state index in [0.29, 0.717) is 5.56 Å². The summed E-state index contributed by atoms with van der Waals surface area (Å²) in [7, 11) is 0. The molecule has 1 atom stereocenters. The fourth-order valence-corrected chi connectivity index (χ4v) is 2.57. The largest absolute Gasteiger partial charge is 0.481 e. The lowest BCUT2D eigenvalue weighted by Gasteiger charge is -2.41. The fraction of sp³-hybridized carbons (Fsp3) is 0.462.